The van der Waals surface area contributed by atoms with Crippen LogP contribution in [-0.4, -0.2) is 58.3 Å². The highest BCUT2D eigenvalue weighted by atomic mass is 35.5. The Balaban J connectivity index is 0.000000471. The van der Waals surface area contributed by atoms with Crippen molar-refractivity contribution in [3.8, 4) is 5.75 Å². The lowest BCUT2D eigenvalue weighted by atomic mass is 9.93. The Hall–Kier alpha value is -0.770. The minimum Gasteiger partial charge on any atom is -0.760 e. The summed E-state index contributed by atoms with van der Waals surface area (Å²) < 4.78 is 43.0. The van der Waals surface area contributed by atoms with E-state index in [4.69, 9.17) is 29.8 Å². The van der Waals surface area contributed by atoms with E-state index >= 15 is 0 Å². The summed E-state index contributed by atoms with van der Waals surface area (Å²) in [7, 11) is 0. The molecule has 136 valence electrons. The molecule has 2 fully saturated rings. The summed E-state index contributed by atoms with van der Waals surface area (Å²) >= 11 is 3.65. The smallest absolute Gasteiger partial charge is 0.147 e. The molecule has 0 aromatic heterocycles. The molecule has 6 nitrogen and oxygen atoms in total. The second kappa shape index (κ2) is 9.07. The molecular formula is C15H21ClFN2O4S-. The molecular weight excluding hydrogens is 359 g/mol. The minimum absolute atomic E-state index is 0.0751. The fourth-order valence-corrected chi connectivity index (χ4v) is 2.83. The van der Waals surface area contributed by atoms with Crippen molar-refractivity contribution in [2.75, 3.05) is 32.9 Å². The molecule has 9 heteroatoms. The molecule has 2 aliphatic rings. The van der Waals surface area contributed by atoms with E-state index in [0.717, 1.165) is 26.3 Å². The number of para-hydroxylation sites is 1. The number of nitrogens with zero attached hydrogens (tertiary/aromatic N) is 1. The molecule has 2 saturated heterocycles. The van der Waals surface area contributed by atoms with Crippen molar-refractivity contribution >= 4 is 22.9 Å². The number of piperidine rings is 1. The van der Waals surface area contributed by atoms with Crippen molar-refractivity contribution in [1.82, 2.24) is 4.90 Å². The number of benzene rings is 1. The first-order valence-corrected chi connectivity index (χ1v) is 9.13. The number of likely N-dealkylation sites (tertiary alicyclic amines) is 1. The highest BCUT2D eigenvalue weighted by molar-refractivity contribution is 7.76. The van der Waals surface area contributed by atoms with Crippen LogP contribution in [0.5, 0.6) is 5.75 Å². The van der Waals surface area contributed by atoms with Gasteiger partial charge in [-0.05, 0) is 25.0 Å². The van der Waals surface area contributed by atoms with E-state index in [1.54, 1.807) is 12.1 Å². The second-order valence-electron chi connectivity index (χ2n) is 5.86. The fourth-order valence-electron chi connectivity index (χ4n) is 2.64. The summed E-state index contributed by atoms with van der Waals surface area (Å²) in [5, 5.41) is 4.56. The third kappa shape index (κ3) is 5.94. The van der Waals surface area contributed by atoms with E-state index in [0.29, 0.717) is 29.7 Å². The van der Waals surface area contributed by atoms with Gasteiger partial charge in [0.15, 0.2) is 0 Å². The van der Waals surface area contributed by atoms with Gasteiger partial charge in [0.1, 0.15) is 18.0 Å². The summed E-state index contributed by atoms with van der Waals surface area (Å²) in [5.74, 6) is 0.556. The molecule has 2 aliphatic heterocycles. The average molecular weight is 380 g/mol. The lowest BCUT2D eigenvalue weighted by molar-refractivity contribution is -0.0890. The molecule has 24 heavy (non-hydrogen) atoms. The van der Waals surface area contributed by atoms with Crippen LogP contribution in [0, 0.1) is 0 Å². The van der Waals surface area contributed by atoms with Gasteiger partial charge in [-0.2, -0.15) is 0 Å². The van der Waals surface area contributed by atoms with Gasteiger partial charge in [-0.25, -0.2) is 4.39 Å². The Kier molecular flexibility index (Phi) is 7.39. The molecule has 0 radical (unpaired) electrons. The first-order valence-electron chi connectivity index (χ1n) is 7.61. The van der Waals surface area contributed by atoms with Crippen LogP contribution in [0.3, 0.4) is 0 Å². The molecule has 2 N–H and O–H groups in total. The molecule has 1 aromatic carbocycles. The largest absolute Gasteiger partial charge is 0.760 e. The monoisotopic (exact) mass is 379 g/mol. The first-order chi connectivity index (χ1) is 11.4. The van der Waals surface area contributed by atoms with Crippen LogP contribution in [0.25, 0.3) is 0 Å². The second-order valence-corrected chi connectivity index (χ2v) is 6.79. The maximum Gasteiger partial charge on any atom is 0.147 e. The molecule has 0 spiro atoms. The first kappa shape index (κ1) is 19.6. The zero-order valence-corrected chi connectivity index (χ0v) is 14.7. The van der Waals surface area contributed by atoms with E-state index in [1.165, 1.54) is 0 Å². The number of halogens is 2. The van der Waals surface area contributed by atoms with Crippen LogP contribution in [-0.2, 0) is 16.0 Å². The number of nitrogens with two attached hydrogens (primary N) is 1. The maximum absolute atomic E-state index is 14.7. The van der Waals surface area contributed by atoms with Gasteiger partial charge in [-0.3, -0.25) is 14.2 Å². The quantitative estimate of drug-likeness (QED) is 0.804. The van der Waals surface area contributed by atoms with E-state index in [2.05, 4.69) is 10.0 Å². The zero-order chi connectivity index (χ0) is 17.6. The standard InChI is InChI=1S/C15H19ClFNO2.H3NO2S/c16-13-3-1-2-4-14(13)20-11-15(17)5-7-18(8-6-15)12-9-19-10-12;1-4(2)3/h1-4,12H,5-11H2;1H2,(H,2,3)/p-1. The highest BCUT2D eigenvalue weighted by Gasteiger charge is 2.38. The summed E-state index contributed by atoms with van der Waals surface area (Å²) in [6, 6.07) is 7.68. The third-order valence-electron chi connectivity index (χ3n) is 4.15. The zero-order valence-electron chi connectivity index (χ0n) is 13.2. The van der Waals surface area contributed by atoms with Gasteiger partial charge in [0, 0.05) is 24.4 Å². The predicted octanol–water partition coefficient (Wildman–Crippen LogP) is 1.66. The van der Waals surface area contributed by atoms with Crippen LogP contribution in [0.2, 0.25) is 5.02 Å². The topological polar surface area (TPSA) is 87.8 Å². The lowest BCUT2D eigenvalue weighted by Crippen LogP contribution is -2.55. The Labute approximate surface area is 148 Å². The summed E-state index contributed by atoms with van der Waals surface area (Å²) in [5.41, 5.74) is -1.25. The summed E-state index contributed by atoms with van der Waals surface area (Å²) in [4.78, 5) is 2.32. The van der Waals surface area contributed by atoms with Gasteiger partial charge in [-0.1, -0.05) is 23.7 Å². The molecule has 0 aliphatic carbocycles. The average Bonchev–Trinajstić information content (AvgIpc) is 2.47. The molecule has 1 aromatic rings. The van der Waals surface area contributed by atoms with Crippen molar-refractivity contribution in [2.24, 2.45) is 5.14 Å². The van der Waals surface area contributed by atoms with Gasteiger partial charge in [-0.15, -0.1) is 0 Å². The number of ether oxygens (including phenoxy) is 2. The van der Waals surface area contributed by atoms with Crippen LogP contribution < -0.4 is 9.88 Å². The van der Waals surface area contributed by atoms with Crippen molar-refractivity contribution in [3.05, 3.63) is 29.3 Å². The molecule has 0 amide bonds. The summed E-state index contributed by atoms with van der Waals surface area (Å²) in [6.45, 7) is 3.20. The maximum atomic E-state index is 14.7. The Morgan fingerprint density at radius 2 is 2.00 bits per heavy atom. The highest BCUT2D eigenvalue weighted by Crippen LogP contribution is 2.31. The fraction of sp³-hybridized carbons (Fsp3) is 0.600. The predicted molar refractivity (Wildman–Crippen MR) is 89.3 cm³/mol. The van der Waals surface area contributed by atoms with Gasteiger partial charge in [0.2, 0.25) is 0 Å². The van der Waals surface area contributed by atoms with Crippen LogP contribution in [0.4, 0.5) is 4.39 Å². The van der Waals surface area contributed by atoms with Crippen LogP contribution >= 0.6 is 11.6 Å². The van der Waals surface area contributed by atoms with Crippen molar-refractivity contribution in [2.45, 2.75) is 24.6 Å². The van der Waals surface area contributed by atoms with Gasteiger partial charge < -0.3 is 14.0 Å². The summed E-state index contributed by atoms with van der Waals surface area (Å²) in [6.07, 6.45) is 1.02. The lowest BCUT2D eigenvalue weighted by Gasteiger charge is -2.43. The van der Waals surface area contributed by atoms with Crippen molar-refractivity contribution in [3.63, 3.8) is 0 Å². The number of hydrogen-bond donors (Lipinski definition) is 1. The van der Waals surface area contributed by atoms with Crippen LogP contribution in [0.15, 0.2) is 24.3 Å². The van der Waals surface area contributed by atoms with Crippen molar-refractivity contribution in [1.29, 1.82) is 0 Å². The number of rotatable bonds is 4. The molecule has 1 atom stereocenters. The third-order valence-corrected chi connectivity index (χ3v) is 4.47. The Bertz CT molecular complexity index is 550. The Morgan fingerprint density at radius 1 is 1.42 bits per heavy atom. The van der Waals surface area contributed by atoms with E-state index < -0.39 is 16.9 Å². The van der Waals surface area contributed by atoms with Gasteiger partial charge >= 0.3 is 0 Å². The SMILES string of the molecule is FC1(COc2ccccc2Cl)CCN(C2COC2)CC1.NS(=O)[O-]. The number of alkyl halides is 1. The van der Waals surface area contributed by atoms with Gasteiger partial charge in [0.25, 0.3) is 0 Å². The molecule has 0 bridgehead atoms. The molecule has 2 heterocycles. The van der Waals surface area contributed by atoms with Crippen molar-refractivity contribution < 1.29 is 22.6 Å². The molecule has 3 rings (SSSR count). The van der Waals surface area contributed by atoms with E-state index in [9.17, 15) is 4.39 Å². The normalized spacial score (nSPS) is 22.0. The number of hydrogen-bond acceptors (Lipinski definition) is 5. The van der Waals surface area contributed by atoms with E-state index in [-0.39, 0.29) is 6.61 Å². The molecule has 1 unspecified atom stereocenters. The molecule has 0 saturated carbocycles. The van der Waals surface area contributed by atoms with Gasteiger partial charge in [0.05, 0.1) is 24.3 Å². The Morgan fingerprint density at radius 3 is 2.50 bits per heavy atom. The minimum atomic E-state index is -2.36. The van der Waals surface area contributed by atoms with E-state index in [1.807, 2.05) is 12.1 Å². The van der Waals surface area contributed by atoms with Crippen LogP contribution in [0.1, 0.15) is 12.8 Å².